The summed E-state index contributed by atoms with van der Waals surface area (Å²) in [5.41, 5.74) is 7.09. The number of hydrogen-bond donors (Lipinski definition) is 3. The zero-order valence-electron chi connectivity index (χ0n) is 11.9. The molecule has 6 nitrogen and oxygen atoms in total. The second kappa shape index (κ2) is 5.95. The van der Waals surface area contributed by atoms with Gasteiger partial charge in [-0.05, 0) is 37.8 Å². The van der Waals surface area contributed by atoms with Gasteiger partial charge in [-0.1, -0.05) is 23.2 Å². The fourth-order valence-electron chi connectivity index (χ4n) is 2.65. The molecule has 1 aromatic carbocycles. The topological polar surface area (TPSA) is 96.9 Å². The molecule has 0 amide bonds. The molecule has 22 heavy (non-hydrogen) atoms. The average molecular weight is 343 g/mol. The number of halogens is 2. The number of nitrogens with two attached hydrogens (primary N) is 1. The van der Waals surface area contributed by atoms with Gasteiger partial charge in [0.15, 0.2) is 0 Å². The standard InChI is InChI=1S/C14H16Cl2N4O2/c1-6(7-2-9(17)3-7)18-11-5-8(4-10(15)12(11)16)13-19-20-14(21)22-13/h4-7,9,18H,2-3,17H2,1H3,(H,20,21)/t6-,7?,9?/m0/s1. The van der Waals surface area contributed by atoms with Crippen molar-refractivity contribution in [2.75, 3.05) is 5.32 Å². The van der Waals surface area contributed by atoms with Gasteiger partial charge in [-0.3, -0.25) is 0 Å². The Hall–Kier alpha value is -1.50. The van der Waals surface area contributed by atoms with Crippen LogP contribution in [0.2, 0.25) is 10.0 Å². The lowest BCUT2D eigenvalue weighted by Gasteiger charge is -2.37. The third kappa shape index (κ3) is 2.99. The van der Waals surface area contributed by atoms with Crippen LogP contribution < -0.4 is 16.8 Å². The van der Waals surface area contributed by atoms with E-state index >= 15 is 0 Å². The molecular formula is C14H16Cl2N4O2. The largest absolute Gasteiger partial charge is 0.434 e. The van der Waals surface area contributed by atoms with Crippen LogP contribution >= 0.6 is 23.2 Å². The van der Waals surface area contributed by atoms with E-state index in [0.717, 1.165) is 12.8 Å². The van der Waals surface area contributed by atoms with E-state index in [0.29, 0.717) is 27.2 Å². The lowest BCUT2D eigenvalue weighted by Crippen LogP contribution is -2.43. The molecule has 0 saturated heterocycles. The summed E-state index contributed by atoms with van der Waals surface area (Å²) in [7, 11) is 0. The number of rotatable bonds is 4. The SMILES string of the molecule is C[C@H](Nc1cc(-c2n[nH]c(=O)o2)cc(Cl)c1Cl)C1CC(N)C1. The van der Waals surface area contributed by atoms with Gasteiger partial charge in [0.2, 0.25) is 5.89 Å². The number of aromatic nitrogens is 2. The summed E-state index contributed by atoms with van der Waals surface area (Å²) < 4.78 is 4.95. The fraction of sp³-hybridized carbons (Fsp3) is 0.429. The summed E-state index contributed by atoms with van der Waals surface area (Å²) in [6.07, 6.45) is 1.99. The summed E-state index contributed by atoms with van der Waals surface area (Å²) in [6, 6.07) is 3.88. The van der Waals surface area contributed by atoms with Crippen molar-refractivity contribution in [2.24, 2.45) is 11.7 Å². The van der Waals surface area contributed by atoms with E-state index in [2.05, 4.69) is 22.4 Å². The molecule has 1 aliphatic rings. The van der Waals surface area contributed by atoms with E-state index < -0.39 is 5.76 Å². The molecule has 1 atom stereocenters. The van der Waals surface area contributed by atoms with Crippen LogP contribution in [-0.4, -0.2) is 22.3 Å². The molecule has 118 valence electrons. The van der Waals surface area contributed by atoms with Gasteiger partial charge in [0.1, 0.15) is 0 Å². The maximum atomic E-state index is 11.1. The molecular weight excluding hydrogens is 327 g/mol. The van der Waals surface area contributed by atoms with E-state index in [1.165, 1.54) is 0 Å². The zero-order valence-corrected chi connectivity index (χ0v) is 13.4. The first-order valence-electron chi connectivity index (χ1n) is 7.01. The number of anilines is 1. The van der Waals surface area contributed by atoms with Gasteiger partial charge in [0.25, 0.3) is 0 Å². The maximum Gasteiger partial charge on any atom is 0.434 e. The van der Waals surface area contributed by atoms with Crippen molar-refractivity contribution < 1.29 is 4.42 Å². The van der Waals surface area contributed by atoms with Crippen LogP contribution in [-0.2, 0) is 0 Å². The second-order valence-corrected chi connectivity index (χ2v) is 6.45. The number of H-pyrrole nitrogens is 1. The third-order valence-corrected chi connectivity index (χ3v) is 4.82. The Bertz CT molecular complexity index is 737. The van der Waals surface area contributed by atoms with Gasteiger partial charge in [-0.15, -0.1) is 5.10 Å². The van der Waals surface area contributed by atoms with Crippen molar-refractivity contribution in [3.05, 3.63) is 32.7 Å². The first-order valence-corrected chi connectivity index (χ1v) is 7.76. The Morgan fingerprint density at radius 3 is 2.77 bits per heavy atom. The minimum Gasteiger partial charge on any atom is -0.388 e. The van der Waals surface area contributed by atoms with Gasteiger partial charge < -0.3 is 15.5 Å². The van der Waals surface area contributed by atoms with Crippen LogP contribution in [0.1, 0.15) is 19.8 Å². The number of benzene rings is 1. The van der Waals surface area contributed by atoms with Gasteiger partial charge in [0.05, 0.1) is 15.7 Å². The summed E-state index contributed by atoms with van der Waals surface area (Å²) in [5.74, 6) is 0.0640. The Labute approximate surface area is 137 Å². The van der Waals surface area contributed by atoms with Crippen LogP contribution in [0.5, 0.6) is 0 Å². The van der Waals surface area contributed by atoms with Gasteiger partial charge in [-0.2, -0.15) is 0 Å². The predicted octanol–water partition coefficient (Wildman–Crippen LogP) is 2.87. The summed E-state index contributed by atoms with van der Waals surface area (Å²) in [6.45, 7) is 2.09. The van der Waals surface area contributed by atoms with Gasteiger partial charge >= 0.3 is 5.76 Å². The highest BCUT2D eigenvalue weighted by Crippen LogP contribution is 2.37. The number of hydrogen-bond acceptors (Lipinski definition) is 5. The number of nitrogens with zero attached hydrogens (tertiary/aromatic N) is 1. The summed E-state index contributed by atoms with van der Waals surface area (Å²) >= 11 is 12.4. The summed E-state index contributed by atoms with van der Waals surface area (Å²) in [4.78, 5) is 11.1. The highest BCUT2D eigenvalue weighted by molar-refractivity contribution is 6.44. The lowest BCUT2D eigenvalue weighted by molar-refractivity contribution is 0.241. The molecule has 0 radical (unpaired) electrons. The first kappa shape index (κ1) is 15.4. The summed E-state index contributed by atoms with van der Waals surface area (Å²) in [5, 5.41) is 10.2. The molecule has 1 aromatic heterocycles. The zero-order chi connectivity index (χ0) is 15.9. The Kier molecular flexibility index (Phi) is 4.16. The van der Waals surface area contributed by atoms with Crippen LogP contribution in [0, 0.1) is 5.92 Å². The van der Waals surface area contributed by atoms with Crippen molar-refractivity contribution in [1.29, 1.82) is 0 Å². The van der Waals surface area contributed by atoms with Crippen LogP contribution in [0.15, 0.2) is 21.3 Å². The highest BCUT2D eigenvalue weighted by atomic mass is 35.5. The van der Waals surface area contributed by atoms with Crippen molar-refractivity contribution in [3.8, 4) is 11.5 Å². The number of nitrogens with one attached hydrogen (secondary N) is 2. The fourth-order valence-corrected chi connectivity index (χ4v) is 3.03. The monoisotopic (exact) mass is 342 g/mol. The van der Waals surface area contributed by atoms with Crippen LogP contribution in [0.4, 0.5) is 5.69 Å². The molecule has 4 N–H and O–H groups in total. The molecule has 1 heterocycles. The molecule has 0 spiro atoms. The smallest absolute Gasteiger partial charge is 0.388 e. The van der Waals surface area contributed by atoms with E-state index in [4.69, 9.17) is 33.4 Å². The minimum atomic E-state index is -0.618. The van der Waals surface area contributed by atoms with E-state index in [1.54, 1.807) is 12.1 Å². The molecule has 3 rings (SSSR count). The minimum absolute atomic E-state index is 0.171. The van der Waals surface area contributed by atoms with Crippen molar-refractivity contribution in [1.82, 2.24) is 10.2 Å². The molecule has 1 saturated carbocycles. The van der Waals surface area contributed by atoms with Gasteiger partial charge in [-0.25, -0.2) is 9.89 Å². The Morgan fingerprint density at radius 2 is 2.18 bits per heavy atom. The maximum absolute atomic E-state index is 11.1. The normalized spacial score (nSPS) is 22.2. The van der Waals surface area contributed by atoms with Crippen molar-refractivity contribution in [3.63, 3.8) is 0 Å². The molecule has 1 aliphatic carbocycles. The Balaban J connectivity index is 1.86. The Morgan fingerprint density at radius 1 is 1.45 bits per heavy atom. The second-order valence-electron chi connectivity index (χ2n) is 5.66. The molecule has 1 fully saturated rings. The first-order chi connectivity index (χ1) is 10.4. The van der Waals surface area contributed by atoms with Crippen molar-refractivity contribution in [2.45, 2.75) is 31.8 Å². The van der Waals surface area contributed by atoms with Gasteiger partial charge in [0, 0.05) is 17.6 Å². The van der Waals surface area contributed by atoms with E-state index in [9.17, 15) is 4.79 Å². The molecule has 0 aliphatic heterocycles. The predicted molar refractivity (Wildman–Crippen MR) is 86.4 cm³/mol. The third-order valence-electron chi connectivity index (χ3n) is 4.01. The van der Waals surface area contributed by atoms with Crippen LogP contribution in [0.3, 0.4) is 0 Å². The quantitative estimate of drug-likeness (QED) is 0.793. The molecule has 8 heteroatoms. The highest BCUT2D eigenvalue weighted by Gasteiger charge is 2.30. The molecule has 0 bridgehead atoms. The lowest BCUT2D eigenvalue weighted by atomic mass is 9.76. The van der Waals surface area contributed by atoms with E-state index in [-0.39, 0.29) is 18.0 Å². The molecule has 0 unspecified atom stereocenters. The number of aromatic amines is 1. The van der Waals surface area contributed by atoms with Crippen LogP contribution in [0.25, 0.3) is 11.5 Å². The van der Waals surface area contributed by atoms with Crippen molar-refractivity contribution >= 4 is 28.9 Å². The average Bonchev–Trinajstić information content (AvgIpc) is 2.86. The molecule has 2 aromatic rings. The van der Waals surface area contributed by atoms with E-state index in [1.807, 2.05) is 0 Å².